The van der Waals surface area contributed by atoms with Crippen molar-refractivity contribution in [3.63, 3.8) is 0 Å². The fourth-order valence-corrected chi connectivity index (χ4v) is 2.02. The van der Waals surface area contributed by atoms with Gasteiger partial charge in [-0.15, -0.1) is 12.4 Å². The molecule has 1 aromatic heterocycles. The molecule has 0 saturated carbocycles. The number of ether oxygens (including phenoxy) is 1. The second kappa shape index (κ2) is 6.45. The highest BCUT2D eigenvalue weighted by Crippen LogP contribution is 2.25. The SMILES string of the molecule is Cl.Cn1cc(CC(=O)[O-])c2cc(OCCN)ccc21. The van der Waals surface area contributed by atoms with Gasteiger partial charge in [-0.2, -0.15) is 0 Å². The zero-order valence-corrected chi connectivity index (χ0v) is 11.4. The monoisotopic (exact) mass is 283 g/mol. The van der Waals surface area contributed by atoms with E-state index in [2.05, 4.69) is 0 Å². The molecule has 0 fully saturated rings. The van der Waals surface area contributed by atoms with Crippen molar-refractivity contribution in [1.29, 1.82) is 0 Å². The van der Waals surface area contributed by atoms with E-state index >= 15 is 0 Å². The first kappa shape index (κ1) is 15.3. The van der Waals surface area contributed by atoms with Crippen LogP contribution in [-0.2, 0) is 18.3 Å². The Labute approximate surface area is 117 Å². The number of hydrogen-bond acceptors (Lipinski definition) is 4. The van der Waals surface area contributed by atoms with Crippen LogP contribution < -0.4 is 15.6 Å². The summed E-state index contributed by atoms with van der Waals surface area (Å²) in [5.74, 6) is -0.394. The van der Waals surface area contributed by atoms with Gasteiger partial charge in [0.15, 0.2) is 0 Å². The topological polar surface area (TPSA) is 80.3 Å². The molecule has 19 heavy (non-hydrogen) atoms. The predicted molar refractivity (Wildman–Crippen MR) is 73.4 cm³/mol. The van der Waals surface area contributed by atoms with Crippen molar-refractivity contribution >= 4 is 29.3 Å². The first-order valence-electron chi connectivity index (χ1n) is 5.72. The Morgan fingerprint density at radius 1 is 1.47 bits per heavy atom. The van der Waals surface area contributed by atoms with Gasteiger partial charge in [0.1, 0.15) is 12.4 Å². The van der Waals surface area contributed by atoms with Crippen molar-refractivity contribution < 1.29 is 14.6 Å². The van der Waals surface area contributed by atoms with E-state index in [1.165, 1.54) is 0 Å². The standard InChI is InChI=1S/C13H16N2O3.ClH/c1-15-8-9(6-13(16)17)11-7-10(18-5-4-14)2-3-12(11)15;/h2-3,7-8H,4-6,14H2,1H3,(H,16,17);1H/p-1. The Balaban J connectivity index is 0.00000180. The average Bonchev–Trinajstić information content (AvgIpc) is 2.63. The number of carboxylic acids is 1. The van der Waals surface area contributed by atoms with E-state index in [9.17, 15) is 9.90 Å². The zero-order valence-electron chi connectivity index (χ0n) is 10.6. The number of rotatable bonds is 5. The summed E-state index contributed by atoms with van der Waals surface area (Å²) in [6.07, 6.45) is 1.70. The molecular weight excluding hydrogens is 268 g/mol. The van der Waals surface area contributed by atoms with Crippen LogP contribution in [0.5, 0.6) is 5.75 Å². The number of nitrogens with two attached hydrogens (primary N) is 1. The Bertz CT molecular complexity index is 581. The minimum atomic E-state index is -1.09. The lowest BCUT2D eigenvalue weighted by Gasteiger charge is -2.06. The van der Waals surface area contributed by atoms with Crippen LogP contribution in [0.3, 0.4) is 0 Å². The van der Waals surface area contributed by atoms with Crippen molar-refractivity contribution in [2.75, 3.05) is 13.2 Å². The highest BCUT2D eigenvalue weighted by atomic mass is 35.5. The van der Waals surface area contributed by atoms with Crippen molar-refractivity contribution in [3.8, 4) is 5.75 Å². The molecule has 0 unspecified atom stereocenters. The molecule has 6 heteroatoms. The summed E-state index contributed by atoms with van der Waals surface area (Å²) in [4.78, 5) is 10.7. The van der Waals surface area contributed by atoms with Crippen LogP contribution in [0.2, 0.25) is 0 Å². The molecule has 1 heterocycles. The van der Waals surface area contributed by atoms with Crippen LogP contribution in [0.4, 0.5) is 0 Å². The minimum absolute atomic E-state index is 0. The fraction of sp³-hybridized carbons (Fsp3) is 0.308. The molecule has 104 valence electrons. The predicted octanol–water partition coefficient (Wildman–Crippen LogP) is 0.230. The van der Waals surface area contributed by atoms with Gasteiger partial charge >= 0.3 is 0 Å². The fourth-order valence-electron chi connectivity index (χ4n) is 2.02. The maximum Gasteiger partial charge on any atom is 0.120 e. The van der Waals surface area contributed by atoms with E-state index in [-0.39, 0.29) is 18.8 Å². The molecule has 0 amide bonds. The second-order valence-corrected chi connectivity index (χ2v) is 4.13. The normalized spacial score (nSPS) is 10.2. The first-order valence-corrected chi connectivity index (χ1v) is 5.72. The molecule has 0 atom stereocenters. The summed E-state index contributed by atoms with van der Waals surface area (Å²) in [5, 5.41) is 11.6. The van der Waals surface area contributed by atoms with Gasteiger partial charge in [-0.25, -0.2) is 0 Å². The number of halogens is 1. The lowest BCUT2D eigenvalue weighted by atomic mass is 10.1. The number of carbonyl (C=O) groups is 1. The summed E-state index contributed by atoms with van der Waals surface area (Å²) < 4.78 is 7.32. The maximum atomic E-state index is 10.7. The number of hydrogen-bond donors (Lipinski definition) is 1. The van der Waals surface area contributed by atoms with E-state index in [1.807, 2.05) is 29.8 Å². The van der Waals surface area contributed by atoms with Gasteiger partial charge in [0.2, 0.25) is 0 Å². The summed E-state index contributed by atoms with van der Waals surface area (Å²) >= 11 is 0. The lowest BCUT2D eigenvalue weighted by Crippen LogP contribution is -2.24. The number of carbonyl (C=O) groups excluding carboxylic acids is 1. The van der Waals surface area contributed by atoms with E-state index in [1.54, 1.807) is 6.20 Å². The molecule has 0 aliphatic heterocycles. The average molecular weight is 284 g/mol. The molecule has 2 N–H and O–H groups in total. The quantitative estimate of drug-likeness (QED) is 0.852. The maximum absolute atomic E-state index is 10.7. The third-order valence-corrected chi connectivity index (χ3v) is 2.76. The minimum Gasteiger partial charge on any atom is -0.550 e. The first-order chi connectivity index (χ1) is 8.61. The molecule has 0 radical (unpaired) electrons. The van der Waals surface area contributed by atoms with Gasteiger partial charge < -0.3 is 24.9 Å². The number of aryl methyl sites for hydroxylation is 1. The largest absolute Gasteiger partial charge is 0.550 e. The highest BCUT2D eigenvalue weighted by Gasteiger charge is 2.08. The van der Waals surface area contributed by atoms with Crippen LogP contribution in [0.15, 0.2) is 24.4 Å². The van der Waals surface area contributed by atoms with E-state index < -0.39 is 5.97 Å². The third-order valence-electron chi connectivity index (χ3n) is 2.76. The van der Waals surface area contributed by atoms with Crippen LogP contribution in [0.25, 0.3) is 10.9 Å². The smallest absolute Gasteiger partial charge is 0.120 e. The molecule has 0 spiro atoms. The zero-order chi connectivity index (χ0) is 13.1. The number of fused-ring (bicyclic) bond motifs is 1. The number of aliphatic carboxylic acids is 1. The molecule has 2 rings (SSSR count). The van der Waals surface area contributed by atoms with Gasteiger partial charge in [-0.3, -0.25) is 0 Å². The van der Waals surface area contributed by atoms with Crippen LogP contribution >= 0.6 is 12.4 Å². The Morgan fingerprint density at radius 3 is 2.84 bits per heavy atom. The third kappa shape index (κ3) is 3.39. The van der Waals surface area contributed by atoms with Crippen LogP contribution in [0.1, 0.15) is 5.56 Å². The van der Waals surface area contributed by atoms with E-state index in [0.717, 1.165) is 16.5 Å². The van der Waals surface area contributed by atoms with Gasteiger partial charge in [-0.1, -0.05) is 0 Å². The molecule has 2 aromatic rings. The molecule has 0 bridgehead atoms. The van der Waals surface area contributed by atoms with Crippen molar-refractivity contribution in [1.82, 2.24) is 4.57 Å². The molecule has 5 nitrogen and oxygen atoms in total. The Morgan fingerprint density at radius 2 is 2.21 bits per heavy atom. The van der Waals surface area contributed by atoms with Crippen LogP contribution in [-0.4, -0.2) is 23.7 Å². The highest BCUT2D eigenvalue weighted by molar-refractivity contribution is 5.88. The van der Waals surface area contributed by atoms with Gasteiger partial charge in [-0.05, 0) is 23.8 Å². The molecule has 0 aliphatic rings. The van der Waals surface area contributed by atoms with E-state index in [0.29, 0.717) is 18.9 Å². The van der Waals surface area contributed by atoms with E-state index in [4.69, 9.17) is 10.5 Å². The summed E-state index contributed by atoms with van der Waals surface area (Å²) in [5.41, 5.74) is 7.07. The summed E-state index contributed by atoms with van der Waals surface area (Å²) in [6, 6.07) is 5.59. The second-order valence-electron chi connectivity index (χ2n) is 4.13. The van der Waals surface area contributed by atoms with Gasteiger partial charge in [0, 0.05) is 43.1 Å². The molecule has 0 aliphatic carbocycles. The number of nitrogens with zero attached hydrogens (tertiary/aromatic N) is 1. The van der Waals surface area contributed by atoms with Gasteiger partial charge in [0.25, 0.3) is 0 Å². The van der Waals surface area contributed by atoms with Crippen molar-refractivity contribution in [2.24, 2.45) is 12.8 Å². The van der Waals surface area contributed by atoms with Crippen molar-refractivity contribution in [2.45, 2.75) is 6.42 Å². The van der Waals surface area contributed by atoms with Crippen LogP contribution in [0, 0.1) is 0 Å². The summed E-state index contributed by atoms with van der Waals surface area (Å²) in [6.45, 7) is 0.882. The van der Waals surface area contributed by atoms with Crippen molar-refractivity contribution in [3.05, 3.63) is 30.0 Å². The Hall–Kier alpha value is -1.72. The van der Waals surface area contributed by atoms with Gasteiger partial charge in [0.05, 0.1) is 0 Å². The molecular formula is C13H16ClN2O3-. The number of benzene rings is 1. The summed E-state index contributed by atoms with van der Waals surface area (Å²) in [7, 11) is 1.88. The lowest BCUT2D eigenvalue weighted by molar-refractivity contribution is -0.304. The number of aromatic nitrogens is 1. The number of carboxylic acid groups (broad SMARTS) is 1. The molecule has 0 saturated heterocycles. The molecule has 1 aromatic carbocycles. The Kier molecular flexibility index (Phi) is 5.20.